The zero-order valence-corrected chi connectivity index (χ0v) is 16.0. The van der Waals surface area contributed by atoms with Crippen molar-refractivity contribution in [1.82, 2.24) is 5.43 Å². The van der Waals surface area contributed by atoms with Gasteiger partial charge in [0.1, 0.15) is 5.92 Å². The van der Waals surface area contributed by atoms with Crippen molar-refractivity contribution in [2.45, 2.75) is 12.5 Å². The molecule has 30 heavy (non-hydrogen) atoms. The number of non-ortho nitro benzene ring substituents is 1. The maximum Gasteiger partial charge on any atom is 0.355 e. The molecule has 0 bridgehead atoms. The van der Waals surface area contributed by atoms with Crippen LogP contribution in [0.3, 0.4) is 0 Å². The number of carbonyl (C=O) groups is 3. The number of esters is 1. The molecule has 1 saturated heterocycles. The summed E-state index contributed by atoms with van der Waals surface area (Å²) in [6.45, 7) is 1.74. The highest BCUT2D eigenvalue weighted by Gasteiger charge is 2.67. The van der Waals surface area contributed by atoms with Crippen LogP contribution in [-0.2, 0) is 24.7 Å². The van der Waals surface area contributed by atoms with E-state index >= 15 is 0 Å². The number of para-hydroxylation sites is 1. The summed E-state index contributed by atoms with van der Waals surface area (Å²) in [5, 5.41) is 15.2. The van der Waals surface area contributed by atoms with Gasteiger partial charge >= 0.3 is 5.97 Å². The molecule has 2 aliphatic heterocycles. The van der Waals surface area contributed by atoms with Crippen molar-refractivity contribution in [2.24, 2.45) is 11.0 Å². The molecule has 0 unspecified atom stereocenters. The van der Waals surface area contributed by atoms with Crippen molar-refractivity contribution in [3.8, 4) is 0 Å². The van der Waals surface area contributed by atoms with Crippen LogP contribution in [-0.4, -0.2) is 35.5 Å². The van der Waals surface area contributed by atoms with Gasteiger partial charge in [0.2, 0.25) is 5.91 Å². The average Bonchev–Trinajstić information content (AvgIpc) is 3.24. The molecule has 2 amide bonds. The molecule has 1 N–H and O–H groups in total. The van der Waals surface area contributed by atoms with E-state index in [0.29, 0.717) is 11.3 Å². The summed E-state index contributed by atoms with van der Waals surface area (Å²) in [5.74, 6) is -3.56. The monoisotopic (exact) mass is 408 g/mol. The van der Waals surface area contributed by atoms with Crippen LogP contribution in [0.5, 0.6) is 0 Å². The molecular weight excluding hydrogens is 392 g/mol. The Labute approximate surface area is 170 Å². The van der Waals surface area contributed by atoms with Crippen molar-refractivity contribution < 1.29 is 24.0 Å². The van der Waals surface area contributed by atoms with Gasteiger partial charge in [-0.3, -0.25) is 25.1 Å². The van der Waals surface area contributed by atoms with E-state index in [4.69, 9.17) is 4.74 Å². The lowest BCUT2D eigenvalue weighted by molar-refractivity contribution is -0.385. The number of hydrazone groups is 1. The summed E-state index contributed by atoms with van der Waals surface area (Å²) in [4.78, 5) is 51.0. The molecule has 0 spiro atoms. The van der Waals surface area contributed by atoms with Gasteiger partial charge in [0.05, 0.1) is 17.7 Å². The first kappa shape index (κ1) is 19.2. The highest BCUT2D eigenvalue weighted by atomic mass is 16.6. The SMILES string of the molecule is COC(=O)C1=NN[C@]2(c3cccc([N+](=O)[O-])c3)C(=O)N(c3ccccc3C)C(=O)[C@@H]12. The summed E-state index contributed by atoms with van der Waals surface area (Å²) in [6.07, 6.45) is 0. The van der Waals surface area contributed by atoms with Crippen LogP contribution in [0, 0.1) is 23.0 Å². The van der Waals surface area contributed by atoms with Gasteiger partial charge in [0.25, 0.3) is 11.6 Å². The van der Waals surface area contributed by atoms with Crippen LogP contribution in [0.25, 0.3) is 0 Å². The van der Waals surface area contributed by atoms with E-state index in [9.17, 15) is 24.5 Å². The Kier molecular flexibility index (Phi) is 4.34. The number of ether oxygens (including phenoxy) is 1. The number of hydrogen-bond donors (Lipinski definition) is 1. The van der Waals surface area contributed by atoms with Crippen molar-refractivity contribution >= 4 is 34.9 Å². The third-order valence-electron chi connectivity index (χ3n) is 5.33. The van der Waals surface area contributed by atoms with Gasteiger partial charge in [-0.1, -0.05) is 30.3 Å². The molecule has 2 atom stereocenters. The molecular formula is C20H16N4O6. The fourth-order valence-corrected chi connectivity index (χ4v) is 3.89. The molecule has 4 rings (SSSR count). The molecule has 0 radical (unpaired) electrons. The number of nitrogens with one attached hydrogen (secondary N) is 1. The summed E-state index contributed by atoms with van der Waals surface area (Å²) in [6, 6.07) is 12.2. The topological polar surface area (TPSA) is 131 Å². The van der Waals surface area contributed by atoms with Gasteiger partial charge in [-0.15, -0.1) is 0 Å². The number of methoxy groups -OCH3 is 1. The van der Waals surface area contributed by atoms with Crippen LogP contribution in [0.2, 0.25) is 0 Å². The number of nitrogens with zero attached hydrogens (tertiary/aromatic N) is 3. The zero-order valence-electron chi connectivity index (χ0n) is 16.0. The lowest BCUT2D eigenvalue weighted by Crippen LogP contribution is -2.48. The number of nitro groups is 1. The van der Waals surface area contributed by atoms with Crippen molar-refractivity contribution in [2.75, 3.05) is 12.0 Å². The second-order valence-electron chi connectivity index (χ2n) is 6.91. The maximum absolute atomic E-state index is 13.7. The van der Waals surface area contributed by atoms with Gasteiger partial charge in [-0.05, 0) is 24.1 Å². The first-order chi connectivity index (χ1) is 14.3. The average molecular weight is 408 g/mol. The van der Waals surface area contributed by atoms with Crippen LogP contribution >= 0.6 is 0 Å². The Morgan fingerprint density at radius 3 is 2.63 bits per heavy atom. The highest BCUT2D eigenvalue weighted by Crippen LogP contribution is 2.46. The number of rotatable bonds is 4. The van der Waals surface area contributed by atoms with E-state index in [0.717, 1.165) is 12.0 Å². The Morgan fingerprint density at radius 2 is 1.97 bits per heavy atom. The fourth-order valence-electron chi connectivity index (χ4n) is 3.89. The number of fused-ring (bicyclic) bond motifs is 1. The van der Waals surface area contributed by atoms with E-state index in [2.05, 4.69) is 10.5 Å². The van der Waals surface area contributed by atoms with Gasteiger partial charge in [0, 0.05) is 12.1 Å². The second kappa shape index (κ2) is 6.76. The Bertz CT molecular complexity index is 1140. The summed E-state index contributed by atoms with van der Waals surface area (Å²) in [5.41, 5.74) is 1.49. The van der Waals surface area contributed by atoms with Crippen LogP contribution in [0.15, 0.2) is 53.6 Å². The first-order valence-corrected chi connectivity index (χ1v) is 8.95. The molecule has 1 fully saturated rings. The van der Waals surface area contributed by atoms with Crippen LogP contribution in [0.1, 0.15) is 11.1 Å². The fraction of sp³-hybridized carbons (Fsp3) is 0.200. The van der Waals surface area contributed by atoms with E-state index in [1.807, 2.05) is 0 Å². The Balaban J connectivity index is 1.93. The van der Waals surface area contributed by atoms with E-state index in [-0.39, 0.29) is 17.0 Å². The number of hydrogen-bond acceptors (Lipinski definition) is 8. The quantitative estimate of drug-likeness (QED) is 0.350. The van der Waals surface area contributed by atoms with Crippen molar-refractivity contribution in [1.29, 1.82) is 0 Å². The number of carbonyl (C=O) groups excluding carboxylic acids is 3. The summed E-state index contributed by atoms with van der Waals surface area (Å²) in [7, 11) is 1.14. The molecule has 10 nitrogen and oxygen atoms in total. The molecule has 152 valence electrons. The predicted octanol–water partition coefficient (Wildman–Crippen LogP) is 1.42. The van der Waals surface area contributed by atoms with Gasteiger partial charge in [0.15, 0.2) is 11.3 Å². The Morgan fingerprint density at radius 1 is 1.23 bits per heavy atom. The molecule has 2 aliphatic rings. The number of anilines is 1. The minimum Gasteiger partial charge on any atom is -0.464 e. The van der Waals surface area contributed by atoms with Crippen LogP contribution in [0.4, 0.5) is 11.4 Å². The molecule has 0 saturated carbocycles. The molecule has 2 aromatic rings. The van der Waals surface area contributed by atoms with E-state index in [1.54, 1.807) is 31.2 Å². The largest absolute Gasteiger partial charge is 0.464 e. The molecule has 2 heterocycles. The summed E-state index contributed by atoms with van der Waals surface area (Å²) >= 11 is 0. The number of imide groups is 1. The van der Waals surface area contributed by atoms with Crippen molar-refractivity contribution in [3.63, 3.8) is 0 Å². The number of aryl methyl sites for hydroxylation is 1. The normalized spacial score (nSPS) is 22.4. The predicted molar refractivity (Wildman–Crippen MR) is 105 cm³/mol. The zero-order chi connectivity index (χ0) is 21.6. The van der Waals surface area contributed by atoms with Gasteiger partial charge in [-0.25, -0.2) is 9.69 Å². The third kappa shape index (κ3) is 2.50. The summed E-state index contributed by atoms with van der Waals surface area (Å²) < 4.78 is 4.73. The number of amides is 2. The standard InChI is InChI=1S/C20H16N4O6/c1-11-6-3-4-9-14(11)23-17(25)15-16(18(26)30-2)21-22-20(15,19(23)27)12-7-5-8-13(10-12)24(28)29/h3-10,15,22H,1-2H3/t15-,20+/m1/s1. The molecule has 10 heteroatoms. The van der Waals surface area contributed by atoms with Gasteiger partial charge in [-0.2, -0.15) is 5.10 Å². The van der Waals surface area contributed by atoms with E-state index in [1.165, 1.54) is 24.3 Å². The maximum atomic E-state index is 13.7. The second-order valence-corrected chi connectivity index (χ2v) is 6.91. The molecule has 0 aromatic heterocycles. The first-order valence-electron chi connectivity index (χ1n) is 8.95. The van der Waals surface area contributed by atoms with E-state index < -0.39 is 34.2 Å². The number of nitro benzene ring substituents is 1. The third-order valence-corrected chi connectivity index (χ3v) is 5.33. The minimum absolute atomic E-state index is 0.152. The lowest BCUT2D eigenvalue weighted by atomic mass is 9.78. The van der Waals surface area contributed by atoms with Gasteiger partial charge < -0.3 is 4.74 Å². The lowest BCUT2D eigenvalue weighted by Gasteiger charge is -2.26. The highest BCUT2D eigenvalue weighted by molar-refractivity contribution is 6.47. The van der Waals surface area contributed by atoms with Crippen LogP contribution < -0.4 is 10.3 Å². The smallest absolute Gasteiger partial charge is 0.355 e. The number of benzene rings is 2. The minimum atomic E-state index is -1.80. The molecule has 0 aliphatic carbocycles. The Hall–Kier alpha value is -4.08. The molecule has 2 aromatic carbocycles. The van der Waals surface area contributed by atoms with Crippen molar-refractivity contribution in [3.05, 3.63) is 69.8 Å².